The summed E-state index contributed by atoms with van der Waals surface area (Å²) in [5.74, 6) is 0.540. The molecule has 0 radical (unpaired) electrons. The van der Waals surface area contributed by atoms with Gasteiger partial charge in [-0.3, -0.25) is 0 Å². The summed E-state index contributed by atoms with van der Waals surface area (Å²) in [7, 11) is 0. The van der Waals surface area contributed by atoms with Crippen LogP contribution in [0.5, 0.6) is 0 Å². The molecular weight excluding hydrogens is 857 g/mol. The van der Waals surface area contributed by atoms with Crippen molar-refractivity contribution in [2.24, 2.45) is 23.7 Å². The lowest BCUT2D eigenvalue weighted by atomic mass is 9.90. The zero-order chi connectivity index (χ0) is 50.5. The summed E-state index contributed by atoms with van der Waals surface area (Å²) in [4.78, 5) is 18.4. The first-order chi connectivity index (χ1) is 31.5. The number of nitrogens with one attached hydrogen (secondary N) is 2. The molecule has 378 valence electrons. The SMILES string of the molecule is CC(CCC(O)C(C)(C)O)Cc1c2nc(c(CC(C)CCC(O)C(C)(C)O)c3ccc([nH]3)c(CC(C)CCC(O)C(C)(C)O)c3ccc([nH]3)c(CC(C)CCC(O)C(C)(C)O)c3nc1C=C3)C=C2. The van der Waals surface area contributed by atoms with E-state index in [1.165, 1.54) is 0 Å². The standard InChI is InChI=1S/C56H86N4O8/c1-33(13-25-49(61)53(5,6)65)29-37-41-17-19-43(57-41)38(30-34(2)14-26-50(62)54(7,8)66)45-21-23-47(59-45)40(32-36(4)16-28-52(64)56(11,12)68)48-24-22-46(60-48)39(44-20-18-42(37)58-44)31-35(3)15-27-51(63)55(9,10)67/h17-24,33-36,49-52,57-58,61-68H,13-16,25-32H2,1-12H3. The fourth-order valence-corrected chi connectivity index (χ4v) is 9.29. The summed E-state index contributed by atoms with van der Waals surface area (Å²) in [6, 6.07) is 8.49. The number of aliphatic hydroxyl groups is 8. The van der Waals surface area contributed by atoms with Crippen LogP contribution in [0.3, 0.4) is 0 Å². The predicted octanol–water partition coefficient (Wildman–Crippen LogP) is 9.02. The van der Waals surface area contributed by atoms with E-state index in [0.717, 1.165) is 67.1 Å². The topological polar surface area (TPSA) is 219 Å². The molecule has 3 aromatic rings. The minimum atomic E-state index is -1.21. The number of hydrogen-bond acceptors (Lipinski definition) is 10. The van der Waals surface area contributed by atoms with Gasteiger partial charge in [0.25, 0.3) is 0 Å². The lowest BCUT2D eigenvalue weighted by Crippen LogP contribution is -2.36. The van der Waals surface area contributed by atoms with E-state index in [1.54, 1.807) is 55.4 Å². The number of aromatic amines is 2. The number of nitrogens with zero attached hydrogens (tertiary/aromatic N) is 2. The second-order valence-corrected chi connectivity index (χ2v) is 23.1. The number of rotatable bonds is 24. The lowest BCUT2D eigenvalue weighted by Gasteiger charge is -2.25. The Morgan fingerprint density at radius 2 is 0.588 bits per heavy atom. The quantitative estimate of drug-likeness (QED) is 0.0283. The van der Waals surface area contributed by atoms with Crippen LogP contribution in [-0.2, 0) is 25.7 Å². The molecule has 0 saturated heterocycles. The van der Waals surface area contributed by atoms with Gasteiger partial charge in [-0.1, -0.05) is 27.7 Å². The fraction of sp³-hybridized carbons (Fsp3) is 0.643. The van der Waals surface area contributed by atoms with E-state index in [4.69, 9.17) is 9.97 Å². The van der Waals surface area contributed by atoms with Crippen molar-refractivity contribution >= 4 is 46.4 Å². The molecule has 0 saturated carbocycles. The van der Waals surface area contributed by atoms with Crippen LogP contribution in [0, 0.1) is 23.7 Å². The number of aliphatic hydroxyl groups excluding tert-OH is 4. The second kappa shape index (κ2) is 22.6. The molecule has 12 heteroatoms. The van der Waals surface area contributed by atoms with Crippen LogP contribution in [0.2, 0.25) is 0 Å². The van der Waals surface area contributed by atoms with Gasteiger partial charge in [0.1, 0.15) is 0 Å². The third kappa shape index (κ3) is 15.1. The molecule has 5 heterocycles. The van der Waals surface area contributed by atoms with E-state index in [9.17, 15) is 40.9 Å². The van der Waals surface area contributed by atoms with Gasteiger partial charge < -0.3 is 50.8 Å². The van der Waals surface area contributed by atoms with Gasteiger partial charge in [0.2, 0.25) is 0 Å². The average Bonchev–Trinajstić information content (AvgIpc) is 4.09. The normalized spacial score (nSPS) is 17.2. The summed E-state index contributed by atoms with van der Waals surface area (Å²) >= 11 is 0. The molecule has 12 nitrogen and oxygen atoms in total. The minimum absolute atomic E-state index is 0.121. The summed E-state index contributed by atoms with van der Waals surface area (Å²) in [6.45, 7) is 21.7. The summed E-state index contributed by atoms with van der Waals surface area (Å²) in [5.41, 5.74) is 6.34. The molecule has 3 aromatic heterocycles. The highest BCUT2D eigenvalue weighted by atomic mass is 16.4. The highest BCUT2D eigenvalue weighted by molar-refractivity contribution is 5.83. The zero-order valence-corrected chi connectivity index (χ0v) is 43.2. The van der Waals surface area contributed by atoms with Crippen molar-refractivity contribution in [2.45, 2.75) is 207 Å². The average molecular weight is 943 g/mol. The monoisotopic (exact) mass is 943 g/mol. The maximum absolute atomic E-state index is 10.8. The van der Waals surface area contributed by atoms with Gasteiger partial charge in [-0.25, -0.2) is 9.97 Å². The molecule has 8 unspecified atom stereocenters. The van der Waals surface area contributed by atoms with Crippen molar-refractivity contribution in [1.29, 1.82) is 0 Å². The predicted molar refractivity (Wildman–Crippen MR) is 276 cm³/mol. The fourth-order valence-electron chi connectivity index (χ4n) is 9.29. The van der Waals surface area contributed by atoms with E-state index in [0.29, 0.717) is 77.0 Å². The smallest absolute Gasteiger partial charge is 0.0849 e. The molecule has 8 bridgehead atoms. The maximum Gasteiger partial charge on any atom is 0.0849 e. The van der Waals surface area contributed by atoms with E-state index < -0.39 is 46.8 Å². The molecule has 0 aromatic carbocycles. The largest absolute Gasteiger partial charge is 0.390 e. The molecule has 8 atom stereocenters. The Bertz CT molecular complexity index is 2240. The first-order valence-corrected chi connectivity index (χ1v) is 25.2. The van der Waals surface area contributed by atoms with Gasteiger partial charge in [0.05, 0.1) is 69.6 Å². The third-order valence-electron chi connectivity index (χ3n) is 14.4. The number of H-pyrrole nitrogens is 2. The van der Waals surface area contributed by atoms with Crippen molar-refractivity contribution in [3.63, 3.8) is 0 Å². The Labute approximate surface area is 405 Å². The Morgan fingerprint density at radius 3 is 0.853 bits per heavy atom. The molecule has 10 N–H and O–H groups in total. The van der Waals surface area contributed by atoms with E-state index in [-0.39, 0.29) is 23.7 Å². The molecule has 0 aliphatic carbocycles. The van der Waals surface area contributed by atoms with Gasteiger partial charge in [-0.05, 0) is 210 Å². The van der Waals surface area contributed by atoms with Crippen LogP contribution in [0.4, 0.5) is 0 Å². The van der Waals surface area contributed by atoms with Gasteiger partial charge in [-0.15, -0.1) is 0 Å². The number of hydrogen-bond donors (Lipinski definition) is 10. The Hall–Kier alpha value is -3.72. The molecule has 68 heavy (non-hydrogen) atoms. The molecule has 0 fully saturated rings. The minimum Gasteiger partial charge on any atom is -0.390 e. The molecule has 0 spiro atoms. The van der Waals surface area contributed by atoms with Crippen LogP contribution in [0.1, 0.15) is 179 Å². The highest BCUT2D eigenvalue weighted by Gasteiger charge is 2.29. The Kier molecular flexibility index (Phi) is 18.3. The number of fused-ring (bicyclic) bond motifs is 8. The highest BCUT2D eigenvalue weighted by Crippen LogP contribution is 2.33. The van der Waals surface area contributed by atoms with Crippen molar-refractivity contribution < 1.29 is 40.9 Å². The number of aromatic nitrogens is 4. The summed E-state index contributed by atoms with van der Waals surface area (Å²) < 4.78 is 0. The van der Waals surface area contributed by atoms with Crippen molar-refractivity contribution in [3.05, 3.63) is 69.3 Å². The maximum atomic E-state index is 10.8. The third-order valence-corrected chi connectivity index (χ3v) is 14.4. The van der Waals surface area contributed by atoms with Crippen LogP contribution in [0.25, 0.3) is 46.4 Å². The molecule has 2 aliphatic rings. The lowest BCUT2D eigenvalue weighted by molar-refractivity contribution is -0.0534. The molecular formula is C56H86N4O8. The van der Waals surface area contributed by atoms with Crippen LogP contribution in [-0.4, -0.2) is 108 Å². The molecule has 5 rings (SSSR count). The summed E-state index contributed by atoms with van der Waals surface area (Å²) in [6.07, 6.45) is 12.0. The Balaban J connectivity index is 1.76. The first-order valence-electron chi connectivity index (χ1n) is 25.2. The van der Waals surface area contributed by atoms with Crippen molar-refractivity contribution in [1.82, 2.24) is 19.9 Å². The van der Waals surface area contributed by atoms with Gasteiger partial charge >= 0.3 is 0 Å². The van der Waals surface area contributed by atoms with Crippen LogP contribution >= 0.6 is 0 Å². The van der Waals surface area contributed by atoms with Gasteiger partial charge in [-0.2, -0.15) is 0 Å². The van der Waals surface area contributed by atoms with Gasteiger partial charge in [0, 0.05) is 38.8 Å². The van der Waals surface area contributed by atoms with E-state index in [1.807, 2.05) is 0 Å². The zero-order valence-electron chi connectivity index (χ0n) is 43.2. The Morgan fingerprint density at radius 1 is 0.368 bits per heavy atom. The molecule has 2 aliphatic heterocycles. The first kappa shape index (κ1) is 55.2. The van der Waals surface area contributed by atoms with Crippen LogP contribution in [0.15, 0.2) is 24.3 Å². The van der Waals surface area contributed by atoms with Crippen molar-refractivity contribution in [3.8, 4) is 0 Å². The summed E-state index contributed by atoms with van der Waals surface area (Å²) in [5, 5.41) is 85.1. The van der Waals surface area contributed by atoms with Crippen molar-refractivity contribution in [2.75, 3.05) is 0 Å². The van der Waals surface area contributed by atoms with E-state index in [2.05, 4.69) is 86.2 Å². The second-order valence-electron chi connectivity index (χ2n) is 23.1. The molecule has 0 amide bonds. The van der Waals surface area contributed by atoms with E-state index >= 15 is 0 Å². The van der Waals surface area contributed by atoms with Gasteiger partial charge in [0.15, 0.2) is 0 Å². The van der Waals surface area contributed by atoms with Crippen LogP contribution < -0.4 is 0 Å².